The first-order chi connectivity index (χ1) is 4.70. The number of ether oxygens (including phenoxy) is 1. The summed E-state index contributed by atoms with van der Waals surface area (Å²) < 4.78 is 28.0. The van der Waals surface area contributed by atoms with Crippen molar-refractivity contribution in [3.8, 4) is 0 Å². The zero-order chi connectivity index (χ0) is 7.98. The fraction of sp³-hybridized carbons (Fsp3) is 1.00. The van der Waals surface area contributed by atoms with Crippen molar-refractivity contribution in [1.29, 1.82) is 0 Å². The lowest BCUT2D eigenvalue weighted by atomic mass is 10.3. The zero-order valence-electron chi connectivity index (χ0n) is 5.89. The van der Waals surface area contributed by atoms with E-state index >= 15 is 0 Å². The fourth-order valence-corrected chi connectivity index (χ4v) is 0.630. The van der Waals surface area contributed by atoms with E-state index < -0.39 is 12.5 Å². The van der Waals surface area contributed by atoms with E-state index in [-0.39, 0.29) is 13.0 Å². The second kappa shape index (κ2) is 5.56. The summed E-state index contributed by atoms with van der Waals surface area (Å²) in [6.45, 7) is 1.73. The summed E-state index contributed by atoms with van der Waals surface area (Å²) in [6, 6.07) is 0. The molecular weight excluding hydrogens is 142 g/mol. The van der Waals surface area contributed by atoms with Gasteiger partial charge < -0.3 is 9.84 Å². The molecule has 0 aromatic rings. The van der Waals surface area contributed by atoms with Crippen molar-refractivity contribution in [2.75, 3.05) is 13.2 Å². The van der Waals surface area contributed by atoms with Crippen LogP contribution in [-0.2, 0) is 4.74 Å². The van der Waals surface area contributed by atoms with E-state index in [0.29, 0.717) is 6.61 Å². The molecule has 0 saturated carbocycles. The number of rotatable bonds is 5. The lowest BCUT2D eigenvalue weighted by molar-refractivity contribution is -0.0201. The molecule has 0 aliphatic carbocycles. The molecule has 0 aliphatic rings. The van der Waals surface area contributed by atoms with E-state index in [9.17, 15) is 8.78 Å². The molecule has 0 unspecified atom stereocenters. The summed E-state index contributed by atoms with van der Waals surface area (Å²) in [5.41, 5.74) is 0. The second-order valence-corrected chi connectivity index (χ2v) is 1.89. The van der Waals surface area contributed by atoms with E-state index in [1.807, 2.05) is 0 Å². The Morgan fingerprint density at radius 2 is 2.10 bits per heavy atom. The standard InChI is InChI=1S/C6H12F2O2/c1-2-10-5(4-9)3-6(7)8/h5-6,9H,2-4H2,1H3/t5-/m0/s1. The lowest BCUT2D eigenvalue weighted by Crippen LogP contribution is -2.20. The molecule has 0 spiro atoms. The molecule has 0 aromatic carbocycles. The number of hydrogen-bond acceptors (Lipinski definition) is 2. The Morgan fingerprint density at radius 1 is 1.50 bits per heavy atom. The van der Waals surface area contributed by atoms with Gasteiger partial charge in [-0.2, -0.15) is 0 Å². The van der Waals surface area contributed by atoms with Gasteiger partial charge in [-0.15, -0.1) is 0 Å². The average Bonchev–Trinajstić information content (AvgIpc) is 1.86. The maximum absolute atomic E-state index is 11.6. The topological polar surface area (TPSA) is 29.5 Å². The summed E-state index contributed by atoms with van der Waals surface area (Å²) in [5.74, 6) is 0. The number of aliphatic hydroxyl groups is 1. The van der Waals surface area contributed by atoms with Crippen molar-refractivity contribution < 1.29 is 18.6 Å². The molecule has 2 nitrogen and oxygen atoms in total. The quantitative estimate of drug-likeness (QED) is 0.641. The van der Waals surface area contributed by atoms with Gasteiger partial charge >= 0.3 is 0 Å². The Bertz CT molecular complexity index is 78.1. The molecule has 0 rings (SSSR count). The van der Waals surface area contributed by atoms with Gasteiger partial charge in [0.2, 0.25) is 6.43 Å². The van der Waals surface area contributed by atoms with E-state index in [4.69, 9.17) is 9.84 Å². The normalized spacial score (nSPS) is 14.1. The molecule has 0 radical (unpaired) electrons. The minimum absolute atomic E-state index is 0.335. The van der Waals surface area contributed by atoms with Crippen molar-refractivity contribution in [3.63, 3.8) is 0 Å². The Kier molecular flexibility index (Phi) is 5.43. The van der Waals surface area contributed by atoms with Crippen LogP contribution >= 0.6 is 0 Å². The molecule has 0 fully saturated rings. The van der Waals surface area contributed by atoms with E-state index in [0.717, 1.165) is 0 Å². The Labute approximate surface area is 58.8 Å². The highest BCUT2D eigenvalue weighted by Crippen LogP contribution is 2.06. The molecule has 0 bridgehead atoms. The monoisotopic (exact) mass is 154 g/mol. The third kappa shape index (κ3) is 4.64. The number of alkyl halides is 2. The van der Waals surface area contributed by atoms with Crippen LogP contribution in [0.3, 0.4) is 0 Å². The van der Waals surface area contributed by atoms with Crippen LogP contribution in [0.1, 0.15) is 13.3 Å². The smallest absolute Gasteiger partial charge is 0.241 e. The minimum Gasteiger partial charge on any atom is -0.394 e. The highest BCUT2D eigenvalue weighted by molar-refractivity contribution is 4.56. The third-order valence-electron chi connectivity index (χ3n) is 1.05. The SMILES string of the molecule is CCO[C@H](CO)CC(F)F. The first-order valence-electron chi connectivity index (χ1n) is 3.21. The van der Waals surface area contributed by atoms with Crippen LogP contribution in [0.25, 0.3) is 0 Å². The van der Waals surface area contributed by atoms with Gasteiger partial charge in [-0.25, -0.2) is 8.78 Å². The van der Waals surface area contributed by atoms with Crippen molar-refractivity contribution in [2.24, 2.45) is 0 Å². The molecule has 0 heterocycles. The summed E-state index contributed by atoms with van der Waals surface area (Å²) in [5, 5.41) is 8.45. The van der Waals surface area contributed by atoms with Crippen molar-refractivity contribution >= 4 is 0 Å². The van der Waals surface area contributed by atoms with E-state index in [1.54, 1.807) is 6.92 Å². The predicted octanol–water partition coefficient (Wildman–Crippen LogP) is 1.04. The molecule has 1 atom stereocenters. The fourth-order valence-electron chi connectivity index (χ4n) is 0.630. The Morgan fingerprint density at radius 3 is 2.40 bits per heavy atom. The molecule has 0 aromatic heterocycles. The zero-order valence-corrected chi connectivity index (χ0v) is 5.89. The predicted molar refractivity (Wildman–Crippen MR) is 33.1 cm³/mol. The van der Waals surface area contributed by atoms with Crippen LogP contribution in [0, 0.1) is 0 Å². The van der Waals surface area contributed by atoms with Crippen LogP contribution < -0.4 is 0 Å². The van der Waals surface area contributed by atoms with Gasteiger partial charge in [0.25, 0.3) is 0 Å². The van der Waals surface area contributed by atoms with Crippen molar-refractivity contribution in [2.45, 2.75) is 25.9 Å². The maximum Gasteiger partial charge on any atom is 0.241 e. The first kappa shape index (κ1) is 9.78. The van der Waals surface area contributed by atoms with Crippen LogP contribution in [-0.4, -0.2) is 30.8 Å². The molecule has 0 saturated heterocycles. The van der Waals surface area contributed by atoms with Gasteiger partial charge in [-0.1, -0.05) is 0 Å². The number of halogens is 2. The third-order valence-corrected chi connectivity index (χ3v) is 1.05. The average molecular weight is 154 g/mol. The van der Waals surface area contributed by atoms with Gasteiger partial charge in [-0.3, -0.25) is 0 Å². The largest absolute Gasteiger partial charge is 0.394 e. The van der Waals surface area contributed by atoms with E-state index in [1.165, 1.54) is 0 Å². The molecule has 4 heteroatoms. The molecule has 0 amide bonds. The molecule has 1 N–H and O–H groups in total. The van der Waals surface area contributed by atoms with Crippen LogP contribution in [0.4, 0.5) is 8.78 Å². The molecule has 0 aliphatic heterocycles. The van der Waals surface area contributed by atoms with Gasteiger partial charge in [0.15, 0.2) is 0 Å². The second-order valence-electron chi connectivity index (χ2n) is 1.89. The van der Waals surface area contributed by atoms with Crippen LogP contribution in [0.2, 0.25) is 0 Å². The van der Waals surface area contributed by atoms with Gasteiger partial charge in [0.05, 0.1) is 12.7 Å². The molecule has 62 valence electrons. The summed E-state index contributed by atoms with van der Waals surface area (Å²) >= 11 is 0. The lowest BCUT2D eigenvalue weighted by Gasteiger charge is -2.12. The maximum atomic E-state index is 11.6. The molecular formula is C6H12F2O2. The Balaban J connectivity index is 3.39. The summed E-state index contributed by atoms with van der Waals surface area (Å²) in [6.07, 6.45) is -3.49. The van der Waals surface area contributed by atoms with Crippen molar-refractivity contribution in [1.82, 2.24) is 0 Å². The summed E-state index contributed by atoms with van der Waals surface area (Å²) in [4.78, 5) is 0. The molecule has 10 heavy (non-hydrogen) atoms. The van der Waals surface area contributed by atoms with Crippen LogP contribution in [0.5, 0.6) is 0 Å². The Hall–Kier alpha value is -0.220. The number of hydrogen-bond donors (Lipinski definition) is 1. The van der Waals surface area contributed by atoms with Gasteiger partial charge in [0, 0.05) is 13.0 Å². The van der Waals surface area contributed by atoms with E-state index in [2.05, 4.69) is 0 Å². The van der Waals surface area contributed by atoms with Crippen LogP contribution in [0.15, 0.2) is 0 Å². The number of aliphatic hydroxyl groups excluding tert-OH is 1. The first-order valence-corrected chi connectivity index (χ1v) is 3.21. The highest BCUT2D eigenvalue weighted by Gasteiger charge is 2.13. The minimum atomic E-state index is -2.40. The van der Waals surface area contributed by atoms with Crippen molar-refractivity contribution in [3.05, 3.63) is 0 Å². The van der Waals surface area contributed by atoms with Gasteiger partial charge in [0.1, 0.15) is 0 Å². The highest BCUT2D eigenvalue weighted by atomic mass is 19.3. The van der Waals surface area contributed by atoms with Gasteiger partial charge in [-0.05, 0) is 6.92 Å². The summed E-state index contributed by atoms with van der Waals surface area (Å²) in [7, 11) is 0.